The van der Waals surface area contributed by atoms with E-state index in [4.69, 9.17) is 15.2 Å². The Kier molecular flexibility index (Phi) is 8.45. The van der Waals surface area contributed by atoms with E-state index in [1.54, 1.807) is 7.11 Å². The molecule has 1 aromatic heterocycles. The van der Waals surface area contributed by atoms with Gasteiger partial charge in [-0.05, 0) is 19.3 Å². The molecule has 0 saturated carbocycles. The van der Waals surface area contributed by atoms with Gasteiger partial charge in [-0.25, -0.2) is 0 Å². The number of amides is 1. The SMILES string of the molecule is CCCc1[nH]nc(C(=O)NCCCCOCCOC)c1N. The lowest BCUT2D eigenvalue weighted by Crippen LogP contribution is -2.25. The van der Waals surface area contributed by atoms with E-state index in [1.807, 2.05) is 0 Å². The number of nitrogens with zero attached hydrogens (tertiary/aromatic N) is 1. The number of ether oxygens (including phenoxy) is 2. The normalized spacial score (nSPS) is 10.8. The smallest absolute Gasteiger partial charge is 0.273 e. The fourth-order valence-electron chi connectivity index (χ4n) is 1.86. The molecule has 7 heteroatoms. The number of aryl methyl sites for hydroxylation is 1. The maximum atomic E-state index is 11.9. The number of nitrogens with one attached hydrogen (secondary N) is 2. The van der Waals surface area contributed by atoms with Crippen LogP contribution in [-0.4, -0.2) is 49.6 Å². The molecule has 0 unspecified atom stereocenters. The van der Waals surface area contributed by atoms with Crippen LogP contribution < -0.4 is 11.1 Å². The van der Waals surface area contributed by atoms with Crippen molar-refractivity contribution in [2.24, 2.45) is 0 Å². The highest BCUT2D eigenvalue weighted by Gasteiger charge is 2.15. The number of unbranched alkanes of at least 4 members (excludes halogenated alkanes) is 1. The van der Waals surface area contributed by atoms with Gasteiger partial charge in [0.25, 0.3) is 5.91 Å². The molecular formula is C14H26N4O3. The first-order chi connectivity index (χ1) is 10.2. The van der Waals surface area contributed by atoms with Crippen molar-refractivity contribution in [3.05, 3.63) is 11.4 Å². The van der Waals surface area contributed by atoms with Gasteiger partial charge >= 0.3 is 0 Å². The van der Waals surface area contributed by atoms with Crippen LogP contribution >= 0.6 is 0 Å². The van der Waals surface area contributed by atoms with Crippen molar-refractivity contribution in [2.45, 2.75) is 32.6 Å². The van der Waals surface area contributed by atoms with Crippen LogP contribution in [0.5, 0.6) is 0 Å². The van der Waals surface area contributed by atoms with Crippen LogP contribution in [0.15, 0.2) is 0 Å². The number of hydrogen-bond donors (Lipinski definition) is 3. The molecule has 0 spiro atoms. The van der Waals surface area contributed by atoms with E-state index in [0.29, 0.717) is 32.1 Å². The average molecular weight is 298 g/mol. The Balaban J connectivity index is 2.19. The van der Waals surface area contributed by atoms with Crippen LogP contribution in [0, 0.1) is 0 Å². The molecule has 1 aromatic rings. The number of rotatable bonds is 11. The van der Waals surface area contributed by atoms with E-state index in [2.05, 4.69) is 22.4 Å². The van der Waals surface area contributed by atoms with Crippen molar-refractivity contribution in [3.63, 3.8) is 0 Å². The minimum atomic E-state index is -0.230. The summed E-state index contributed by atoms with van der Waals surface area (Å²) in [6.45, 7) is 4.52. The largest absolute Gasteiger partial charge is 0.395 e. The summed E-state index contributed by atoms with van der Waals surface area (Å²) in [6, 6.07) is 0. The van der Waals surface area contributed by atoms with Crippen LogP contribution in [-0.2, 0) is 15.9 Å². The lowest BCUT2D eigenvalue weighted by Gasteiger charge is -2.05. The van der Waals surface area contributed by atoms with Gasteiger partial charge in [0.2, 0.25) is 0 Å². The molecule has 0 fully saturated rings. The van der Waals surface area contributed by atoms with Crippen LogP contribution in [0.25, 0.3) is 0 Å². The molecule has 1 heterocycles. The Labute approximate surface area is 125 Å². The molecule has 1 amide bonds. The van der Waals surface area contributed by atoms with Gasteiger partial charge in [0.05, 0.1) is 24.6 Å². The van der Waals surface area contributed by atoms with Crippen molar-refractivity contribution in [2.75, 3.05) is 39.2 Å². The van der Waals surface area contributed by atoms with E-state index in [-0.39, 0.29) is 11.6 Å². The molecular weight excluding hydrogens is 272 g/mol. The molecule has 7 nitrogen and oxygen atoms in total. The zero-order valence-electron chi connectivity index (χ0n) is 12.9. The number of H-pyrrole nitrogens is 1. The van der Waals surface area contributed by atoms with Crippen LogP contribution in [0.3, 0.4) is 0 Å². The van der Waals surface area contributed by atoms with Gasteiger partial charge in [0.15, 0.2) is 5.69 Å². The third kappa shape index (κ3) is 6.14. The number of aromatic amines is 1. The molecule has 0 aliphatic heterocycles. The van der Waals surface area contributed by atoms with Gasteiger partial charge in [0.1, 0.15) is 0 Å². The highest BCUT2D eigenvalue weighted by molar-refractivity contribution is 5.97. The van der Waals surface area contributed by atoms with Crippen molar-refractivity contribution in [1.82, 2.24) is 15.5 Å². The predicted molar refractivity (Wildman–Crippen MR) is 81.3 cm³/mol. The van der Waals surface area contributed by atoms with Crippen LogP contribution in [0.1, 0.15) is 42.4 Å². The summed E-state index contributed by atoms with van der Waals surface area (Å²) in [5, 5.41) is 9.62. The van der Waals surface area contributed by atoms with E-state index in [0.717, 1.165) is 31.4 Å². The third-order valence-electron chi connectivity index (χ3n) is 3.03. The lowest BCUT2D eigenvalue weighted by atomic mass is 10.2. The van der Waals surface area contributed by atoms with E-state index in [9.17, 15) is 4.79 Å². The Morgan fingerprint density at radius 2 is 2.14 bits per heavy atom. The van der Waals surface area contributed by atoms with Gasteiger partial charge < -0.3 is 20.5 Å². The number of nitrogen functional groups attached to an aromatic ring is 1. The Bertz CT molecular complexity index is 420. The molecule has 0 aliphatic rings. The fraction of sp³-hybridized carbons (Fsp3) is 0.714. The van der Waals surface area contributed by atoms with Gasteiger partial charge in [-0.2, -0.15) is 5.10 Å². The number of methoxy groups -OCH3 is 1. The molecule has 120 valence electrons. The van der Waals surface area contributed by atoms with Crippen molar-refractivity contribution >= 4 is 11.6 Å². The van der Waals surface area contributed by atoms with Crippen LogP contribution in [0.4, 0.5) is 5.69 Å². The van der Waals surface area contributed by atoms with Gasteiger partial charge in [0, 0.05) is 20.3 Å². The number of nitrogens with two attached hydrogens (primary N) is 1. The monoisotopic (exact) mass is 298 g/mol. The zero-order valence-corrected chi connectivity index (χ0v) is 12.9. The summed E-state index contributed by atoms with van der Waals surface area (Å²) in [7, 11) is 1.64. The standard InChI is InChI=1S/C14H26N4O3/c1-3-6-11-12(15)13(18-17-11)14(19)16-7-4-5-8-21-10-9-20-2/h3-10,15H2,1-2H3,(H,16,19)(H,17,18). The number of aromatic nitrogens is 2. The van der Waals surface area contributed by atoms with E-state index < -0.39 is 0 Å². The molecule has 0 bridgehead atoms. The highest BCUT2D eigenvalue weighted by Crippen LogP contribution is 2.15. The molecule has 0 aliphatic carbocycles. The summed E-state index contributed by atoms with van der Waals surface area (Å²) >= 11 is 0. The fourth-order valence-corrected chi connectivity index (χ4v) is 1.86. The van der Waals surface area contributed by atoms with E-state index in [1.165, 1.54) is 0 Å². The Morgan fingerprint density at radius 1 is 1.33 bits per heavy atom. The Morgan fingerprint density at radius 3 is 2.86 bits per heavy atom. The maximum Gasteiger partial charge on any atom is 0.273 e. The first kappa shape index (κ1) is 17.5. The third-order valence-corrected chi connectivity index (χ3v) is 3.03. The minimum absolute atomic E-state index is 0.230. The van der Waals surface area contributed by atoms with Gasteiger partial charge in [-0.1, -0.05) is 13.3 Å². The predicted octanol–water partition coefficient (Wildman–Crippen LogP) is 1.12. The lowest BCUT2D eigenvalue weighted by molar-refractivity contribution is 0.0686. The molecule has 0 saturated heterocycles. The second kappa shape index (κ2) is 10.2. The highest BCUT2D eigenvalue weighted by atomic mass is 16.5. The number of hydrogen-bond acceptors (Lipinski definition) is 5. The van der Waals surface area contributed by atoms with Gasteiger partial charge in [-0.15, -0.1) is 0 Å². The Hall–Kier alpha value is -1.60. The van der Waals surface area contributed by atoms with Gasteiger partial charge in [-0.3, -0.25) is 9.89 Å². The van der Waals surface area contributed by atoms with Crippen molar-refractivity contribution in [1.29, 1.82) is 0 Å². The molecule has 4 N–H and O–H groups in total. The minimum Gasteiger partial charge on any atom is -0.395 e. The molecule has 0 aromatic carbocycles. The second-order valence-electron chi connectivity index (χ2n) is 4.78. The summed E-state index contributed by atoms with van der Waals surface area (Å²) in [5.41, 5.74) is 7.47. The quantitative estimate of drug-likeness (QED) is 0.531. The molecule has 0 atom stereocenters. The number of anilines is 1. The van der Waals surface area contributed by atoms with Crippen molar-refractivity contribution < 1.29 is 14.3 Å². The number of carbonyl (C=O) groups excluding carboxylic acids is 1. The molecule has 21 heavy (non-hydrogen) atoms. The summed E-state index contributed by atoms with van der Waals surface area (Å²) in [5.74, 6) is -0.230. The first-order valence-electron chi connectivity index (χ1n) is 7.38. The maximum absolute atomic E-state index is 11.9. The topological polar surface area (TPSA) is 102 Å². The molecule has 1 rings (SSSR count). The van der Waals surface area contributed by atoms with E-state index >= 15 is 0 Å². The zero-order chi connectivity index (χ0) is 15.5. The number of carbonyl (C=O) groups is 1. The summed E-state index contributed by atoms with van der Waals surface area (Å²) in [6.07, 6.45) is 3.49. The summed E-state index contributed by atoms with van der Waals surface area (Å²) < 4.78 is 10.2. The van der Waals surface area contributed by atoms with Crippen molar-refractivity contribution in [3.8, 4) is 0 Å². The first-order valence-corrected chi connectivity index (χ1v) is 7.38. The summed E-state index contributed by atoms with van der Waals surface area (Å²) in [4.78, 5) is 11.9. The average Bonchev–Trinajstić information content (AvgIpc) is 2.83. The molecule has 0 radical (unpaired) electrons. The van der Waals surface area contributed by atoms with Crippen LogP contribution in [0.2, 0.25) is 0 Å². The second-order valence-corrected chi connectivity index (χ2v) is 4.78.